The van der Waals surface area contributed by atoms with E-state index in [9.17, 15) is 18.0 Å². The zero-order chi connectivity index (χ0) is 18.5. The summed E-state index contributed by atoms with van der Waals surface area (Å²) in [4.78, 5) is 16.2. The van der Waals surface area contributed by atoms with Gasteiger partial charge >= 0.3 is 6.18 Å². The fourth-order valence-electron chi connectivity index (χ4n) is 2.77. The van der Waals surface area contributed by atoms with Crippen LogP contribution in [0.25, 0.3) is 0 Å². The zero-order valence-electron chi connectivity index (χ0n) is 14.4. The van der Waals surface area contributed by atoms with E-state index in [0.717, 1.165) is 32.6 Å². The Morgan fingerprint density at radius 2 is 2.16 bits per heavy atom. The molecule has 1 fully saturated rings. The van der Waals surface area contributed by atoms with Crippen LogP contribution < -0.4 is 10.1 Å². The van der Waals surface area contributed by atoms with Crippen LogP contribution in [0.1, 0.15) is 43.0 Å². The lowest BCUT2D eigenvalue weighted by molar-refractivity contribution is -0.190. The van der Waals surface area contributed by atoms with E-state index < -0.39 is 18.2 Å². The Morgan fingerprint density at radius 3 is 2.72 bits per heavy atom. The minimum absolute atomic E-state index is 0.000171. The van der Waals surface area contributed by atoms with Crippen LogP contribution in [-0.2, 0) is 4.74 Å². The van der Waals surface area contributed by atoms with Crippen LogP contribution in [0.2, 0.25) is 0 Å². The Bertz CT molecular complexity index is 589. The molecule has 0 spiro atoms. The molecule has 1 saturated carbocycles. The predicted molar refractivity (Wildman–Crippen MR) is 85.5 cm³/mol. The molecule has 8 heteroatoms. The van der Waals surface area contributed by atoms with Crippen molar-refractivity contribution in [3.05, 3.63) is 23.9 Å². The van der Waals surface area contributed by atoms with Gasteiger partial charge in [0.05, 0.1) is 0 Å². The van der Waals surface area contributed by atoms with Gasteiger partial charge in [0.2, 0.25) is 5.88 Å². The molecule has 1 heterocycles. The predicted octanol–water partition coefficient (Wildman–Crippen LogP) is 3.35. The van der Waals surface area contributed by atoms with E-state index >= 15 is 0 Å². The van der Waals surface area contributed by atoms with E-state index in [4.69, 9.17) is 9.47 Å². The van der Waals surface area contributed by atoms with Crippen molar-refractivity contribution >= 4 is 5.91 Å². The average molecular weight is 360 g/mol. The standard InChI is InChI=1S/C17H23F3N2O3/c1-12(17(18,19)20)25-15-13(5-3-9-21-15)14(23)22-11-16(6-4-7-16)8-10-24-2/h3,5,9,12H,4,6-8,10-11H2,1-2H3,(H,22,23). The first kappa shape index (κ1) is 19.5. The number of alkyl halides is 3. The van der Waals surface area contributed by atoms with Gasteiger partial charge in [-0.3, -0.25) is 4.79 Å². The number of methoxy groups -OCH3 is 1. The average Bonchev–Trinajstić information content (AvgIpc) is 2.53. The number of ether oxygens (including phenoxy) is 2. The first-order valence-corrected chi connectivity index (χ1v) is 8.23. The van der Waals surface area contributed by atoms with Gasteiger partial charge in [0.15, 0.2) is 6.10 Å². The van der Waals surface area contributed by atoms with Crippen molar-refractivity contribution in [2.45, 2.75) is 44.9 Å². The minimum atomic E-state index is -4.53. The maximum Gasteiger partial charge on any atom is 0.425 e. The van der Waals surface area contributed by atoms with E-state index in [1.165, 1.54) is 18.3 Å². The third-order valence-electron chi connectivity index (χ3n) is 4.64. The van der Waals surface area contributed by atoms with Gasteiger partial charge in [0.1, 0.15) is 5.56 Å². The lowest BCUT2D eigenvalue weighted by atomic mass is 9.66. The molecule has 1 aliphatic carbocycles. The quantitative estimate of drug-likeness (QED) is 0.772. The Balaban J connectivity index is 2.02. The largest absolute Gasteiger partial charge is 0.464 e. The molecular formula is C17H23F3N2O3. The molecule has 1 unspecified atom stereocenters. The Hall–Kier alpha value is -1.83. The fraction of sp³-hybridized carbons (Fsp3) is 0.647. The molecule has 0 aliphatic heterocycles. The second-order valence-corrected chi connectivity index (χ2v) is 6.44. The van der Waals surface area contributed by atoms with E-state index in [2.05, 4.69) is 10.3 Å². The number of halogens is 3. The molecule has 0 saturated heterocycles. The topological polar surface area (TPSA) is 60.5 Å². The van der Waals surface area contributed by atoms with E-state index in [1.54, 1.807) is 7.11 Å². The fourth-order valence-corrected chi connectivity index (χ4v) is 2.77. The smallest absolute Gasteiger partial charge is 0.425 e. The lowest BCUT2D eigenvalue weighted by Crippen LogP contribution is -2.43. The van der Waals surface area contributed by atoms with Gasteiger partial charge in [-0.2, -0.15) is 13.2 Å². The van der Waals surface area contributed by atoms with Crippen LogP contribution in [0.5, 0.6) is 5.88 Å². The molecule has 1 N–H and O–H groups in total. The van der Waals surface area contributed by atoms with Gasteiger partial charge in [0, 0.05) is 26.5 Å². The van der Waals surface area contributed by atoms with Gasteiger partial charge in [0.25, 0.3) is 5.91 Å². The zero-order valence-corrected chi connectivity index (χ0v) is 14.4. The summed E-state index contributed by atoms with van der Waals surface area (Å²) >= 11 is 0. The van der Waals surface area contributed by atoms with Gasteiger partial charge in [-0.15, -0.1) is 0 Å². The number of aromatic nitrogens is 1. The lowest BCUT2D eigenvalue weighted by Gasteiger charge is -2.42. The van der Waals surface area contributed by atoms with Gasteiger partial charge in [-0.1, -0.05) is 6.42 Å². The molecule has 0 aromatic carbocycles. The summed E-state index contributed by atoms with van der Waals surface area (Å²) in [7, 11) is 1.63. The molecule has 1 atom stereocenters. The van der Waals surface area contributed by atoms with Gasteiger partial charge in [-0.05, 0) is 43.7 Å². The van der Waals surface area contributed by atoms with Crippen molar-refractivity contribution < 1.29 is 27.4 Å². The molecule has 0 radical (unpaired) electrons. The molecular weight excluding hydrogens is 337 g/mol. The van der Waals surface area contributed by atoms with Crippen LogP contribution in [0.3, 0.4) is 0 Å². The maximum absolute atomic E-state index is 12.7. The highest BCUT2D eigenvalue weighted by Gasteiger charge is 2.39. The number of carbonyl (C=O) groups is 1. The summed E-state index contributed by atoms with van der Waals surface area (Å²) in [6, 6.07) is 2.90. The third-order valence-corrected chi connectivity index (χ3v) is 4.64. The Labute approximate surface area is 144 Å². The van der Waals surface area contributed by atoms with Crippen LogP contribution >= 0.6 is 0 Å². The summed E-state index contributed by atoms with van der Waals surface area (Å²) < 4.78 is 48.0. The number of hydrogen-bond donors (Lipinski definition) is 1. The van der Waals surface area contributed by atoms with Crippen molar-refractivity contribution in [2.24, 2.45) is 5.41 Å². The maximum atomic E-state index is 12.7. The molecule has 2 rings (SSSR count). The summed E-state index contributed by atoms with van der Waals surface area (Å²) in [5, 5.41) is 2.81. The monoisotopic (exact) mass is 360 g/mol. The summed E-state index contributed by atoms with van der Waals surface area (Å²) in [6.07, 6.45) is -1.35. The molecule has 0 bridgehead atoms. The molecule has 1 aromatic heterocycles. The number of nitrogens with zero attached hydrogens (tertiary/aromatic N) is 1. The molecule has 1 aliphatic rings. The summed E-state index contributed by atoms with van der Waals surface area (Å²) in [6.45, 7) is 1.95. The van der Waals surface area contributed by atoms with Crippen LogP contribution in [0.4, 0.5) is 13.2 Å². The first-order chi connectivity index (χ1) is 11.8. The van der Waals surface area contributed by atoms with Crippen molar-refractivity contribution in [2.75, 3.05) is 20.3 Å². The highest BCUT2D eigenvalue weighted by Crippen LogP contribution is 2.43. The number of rotatable bonds is 8. The Kier molecular flexibility index (Phi) is 6.26. The molecule has 5 nitrogen and oxygen atoms in total. The normalized spacial score (nSPS) is 17.5. The van der Waals surface area contributed by atoms with Crippen LogP contribution in [-0.4, -0.2) is 43.4 Å². The molecule has 140 valence electrons. The van der Waals surface area contributed by atoms with Gasteiger partial charge < -0.3 is 14.8 Å². The van der Waals surface area contributed by atoms with Crippen molar-refractivity contribution in [3.8, 4) is 5.88 Å². The van der Waals surface area contributed by atoms with E-state index in [1.807, 2.05) is 0 Å². The van der Waals surface area contributed by atoms with Crippen molar-refractivity contribution in [1.29, 1.82) is 0 Å². The summed E-state index contributed by atoms with van der Waals surface area (Å²) in [5.74, 6) is -0.800. The number of nitrogens with one attached hydrogen (secondary N) is 1. The highest BCUT2D eigenvalue weighted by molar-refractivity contribution is 5.96. The minimum Gasteiger partial charge on any atom is -0.464 e. The molecule has 25 heavy (non-hydrogen) atoms. The second-order valence-electron chi connectivity index (χ2n) is 6.44. The first-order valence-electron chi connectivity index (χ1n) is 8.23. The summed E-state index contributed by atoms with van der Waals surface area (Å²) in [5.41, 5.74) is 0.00792. The third kappa shape index (κ3) is 5.07. The molecule has 1 aromatic rings. The number of amides is 1. The number of hydrogen-bond acceptors (Lipinski definition) is 4. The highest BCUT2D eigenvalue weighted by atomic mass is 19.4. The van der Waals surface area contributed by atoms with Crippen molar-refractivity contribution in [3.63, 3.8) is 0 Å². The van der Waals surface area contributed by atoms with Crippen LogP contribution in [0, 0.1) is 5.41 Å². The number of carbonyl (C=O) groups excluding carboxylic acids is 1. The van der Waals surface area contributed by atoms with E-state index in [0.29, 0.717) is 13.2 Å². The van der Waals surface area contributed by atoms with Crippen molar-refractivity contribution in [1.82, 2.24) is 10.3 Å². The van der Waals surface area contributed by atoms with E-state index in [-0.39, 0.29) is 16.9 Å². The molecule has 1 amide bonds. The SMILES string of the molecule is COCCC1(CNC(=O)c2cccnc2OC(C)C(F)(F)F)CCC1. The van der Waals surface area contributed by atoms with Crippen LogP contribution in [0.15, 0.2) is 18.3 Å². The van der Waals surface area contributed by atoms with Gasteiger partial charge in [-0.25, -0.2) is 4.98 Å². The number of pyridine rings is 1. The Morgan fingerprint density at radius 1 is 1.44 bits per heavy atom. The second kappa shape index (κ2) is 8.03.